The van der Waals surface area contributed by atoms with Gasteiger partial charge in [0, 0.05) is 0 Å². The van der Waals surface area contributed by atoms with Gasteiger partial charge in [0.25, 0.3) is 5.91 Å². The van der Waals surface area contributed by atoms with Gasteiger partial charge in [-0.3, -0.25) is 14.5 Å². The number of rotatable bonds is 6. The number of anilines is 1. The lowest BCUT2D eigenvalue weighted by molar-refractivity contribution is -0.126. The molecule has 3 N–H and O–H groups in total. The van der Waals surface area contributed by atoms with Gasteiger partial charge >= 0.3 is 11.9 Å². The minimum absolute atomic E-state index is 0.182. The van der Waals surface area contributed by atoms with Crippen molar-refractivity contribution >= 4 is 63.8 Å². The zero-order valence-electron chi connectivity index (χ0n) is 16.1. The fraction of sp³-hybridized carbons (Fsp3) is 0.0952. The molecule has 0 aromatic heterocycles. The molecule has 3 rings (SSSR count). The van der Waals surface area contributed by atoms with Crippen LogP contribution < -0.4 is 5.32 Å². The molecule has 2 amide bonds. The van der Waals surface area contributed by atoms with Gasteiger partial charge in [-0.25, -0.2) is 9.59 Å². The zero-order chi connectivity index (χ0) is 22.7. The molecule has 0 aliphatic carbocycles. The van der Waals surface area contributed by atoms with Crippen molar-refractivity contribution in [2.45, 2.75) is 6.92 Å². The molecule has 0 bridgehead atoms. The zero-order valence-corrected chi connectivity index (χ0v) is 17.8. The van der Waals surface area contributed by atoms with Gasteiger partial charge in [0.2, 0.25) is 5.91 Å². The van der Waals surface area contributed by atoms with Crippen molar-refractivity contribution in [1.82, 2.24) is 4.90 Å². The lowest BCUT2D eigenvalue weighted by Gasteiger charge is -2.15. The van der Waals surface area contributed by atoms with E-state index in [9.17, 15) is 24.3 Å². The molecule has 158 valence electrons. The largest absolute Gasteiger partial charge is 0.478 e. The summed E-state index contributed by atoms with van der Waals surface area (Å²) in [6.07, 6.45) is 1.68. The Morgan fingerprint density at radius 3 is 2.52 bits per heavy atom. The molecule has 0 radical (unpaired) electrons. The summed E-state index contributed by atoms with van der Waals surface area (Å²) in [6.45, 7) is 1.49. The van der Waals surface area contributed by atoms with Crippen LogP contribution in [0.25, 0.3) is 6.08 Å². The summed E-state index contributed by atoms with van der Waals surface area (Å²) in [5.74, 6) is -3.76. The van der Waals surface area contributed by atoms with Gasteiger partial charge in [-0.05, 0) is 36.8 Å². The quantitative estimate of drug-likeness (QED) is 0.447. The number of aromatic carboxylic acids is 2. The Bertz CT molecular complexity index is 1160. The number of amides is 2. The van der Waals surface area contributed by atoms with E-state index in [1.165, 1.54) is 0 Å². The fourth-order valence-corrected chi connectivity index (χ4v) is 4.10. The highest BCUT2D eigenvalue weighted by Gasteiger charge is 2.33. The van der Waals surface area contributed by atoms with Gasteiger partial charge in [-0.2, -0.15) is 0 Å². The van der Waals surface area contributed by atoms with Crippen molar-refractivity contribution in [1.29, 1.82) is 0 Å². The van der Waals surface area contributed by atoms with E-state index in [4.69, 9.17) is 17.3 Å². The molecule has 1 aliphatic heterocycles. The molecule has 1 aliphatic rings. The van der Waals surface area contributed by atoms with Crippen molar-refractivity contribution in [3.63, 3.8) is 0 Å². The monoisotopic (exact) mass is 456 g/mol. The lowest BCUT2D eigenvalue weighted by atomic mass is 10.1. The molecule has 1 fully saturated rings. The summed E-state index contributed by atoms with van der Waals surface area (Å²) in [4.78, 5) is 49.2. The van der Waals surface area contributed by atoms with E-state index in [0.29, 0.717) is 4.91 Å². The summed E-state index contributed by atoms with van der Waals surface area (Å²) in [6, 6.07) is 10.8. The molecule has 2 aromatic carbocycles. The van der Waals surface area contributed by atoms with Crippen LogP contribution in [-0.4, -0.2) is 49.7 Å². The minimum Gasteiger partial charge on any atom is -0.478 e. The smallest absolute Gasteiger partial charge is 0.337 e. The second-order valence-corrected chi connectivity index (χ2v) is 8.28. The normalized spacial score (nSPS) is 14.7. The predicted octanol–water partition coefficient (Wildman–Crippen LogP) is 3.23. The topological polar surface area (TPSA) is 124 Å². The highest BCUT2D eigenvalue weighted by molar-refractivity contribution is 8.26. The third-order valence-electron chi connectivity index (χ3n) is 4.29. The van der Waals surface area contributed by atoms with E-state index in [0.717, 1.165) is 46.0 Å². The molecule has 1 heterocycles. The first-order chi connectivity index (χ1) is 14.7. The first-order valence-electron chi connectivity index (χ1n) is 8.88. The molecule has 0 saturated carbocycles. The number of carboxylic acids is 2. The molecule has 31 heavy (non-hydrogen) atoms. The van der Waals surface area contributed by atoms with E-state index in [2.05, 4.69) is 5.32 Å². The van der Waals surface area contributed by atoms with Gasteiger partial charge in [0.1, 0.15) is 10.9 Å². The average Bonchev–Trinajstić information content (AvgIpc) is 2.95. The van der Waals surface area contributed by atoms with Crippen LogP contribution >= 0.6 is 24.0 Å². The van der Waals surface area contributed by atoms with Crippen LogP contribution in [0.3, 0.4) is 0 Å². The van der Waals surface area contributed by atoms with Crippen LogP contribution in [0.1, 0.15) is 31.8 Å². The summed E-state index contributed by atoms with van der Waals surface area (Å²) in [5.41, 5.74) is 1.20. The van der Waals surface area contributed by atoms with Gasteiger partial charge in [-0.1, -0.05) is 53.8 Å². The maximum Gasteiger partial charge on any atom is 0.337 e. The van der Waals surface area contributed by atoms with E-state index in [-0.39, 0.29) is 21.1 Å². The number of carbonyl (C=O) groups excluding carboxylic acids is 2. The number of thioether (sulfide) groups is 1. The third kappa shape index (κ3) is 5.16. The molecule has 0 atom stereocenters. The molecule has 0 spiro atoms. The molecule has 8 nitrogen and oxygen atoms in total. The SMILES string of the molecule is Cc1cccc(/C=C2\SC(=S)N(CC(=O)Nc3cc(C(=O)O)ccc3C(=O)O)C2=O)c1. The van der Waals surface area contributed by atoms with Crippen LogP contribution in [-0.2, 0) is 9.59 Å². The molecule has 1 saturated heterocycles. The van der Waals surface area contributed by atoms with Crippen molar-refractivity contribution in [2.24, 2.45) is 0 Å². The number of hydrogen-bond donors (Lipinski definition) is 3. The summed E-state index contributed by atoms with van der Waals surface area (Å²) in [5, 5.41) is 20.7. The maximum absolute atomic E-state index is 12.7. The first kappa shape index (κ1) is 22.2. The Hall–Kier alpha value is -3.50. The van der Waals surface area contributed by atoms with Crippen LogP contribution in [0.15, 0.2) is 47.4 Å². The second-order valence-electron chi connectivity index (χ2n) is 6.60. The second kappa shape index (κ2) is 9.11. The molecule has 10 heteroatoms. The van der Waals surface area contributed by atoms with Crippen LogP contribution in [0.5, 0.6) is 0 Å². The lowest BCUT2D eigenvalue weighted by Crippen LogP contribution is -2.36. The fourth-order valence-electron chi connectivity index (χ4n) is 2.85. The van der Waals surface area contributed by atoms with E-state index in [1.54, 1.807) is 6.08 Å². The number of thiocarbonyl (C=S) groups is 1. The number of carbonyl (C=O) groups is 4. The minimum atomic E-state index is -1.33. The maximum atomic E-state index is 12.7. The number of aryl methyl sites for hydroxylation is 1. The molecule has 2 aromatic rings. The van der Waals surface area contributed by atoms with E-state index < -0.39 is 30.3 Å². The molecular formula is C21H16N2O6S2. The van der Waals surface area contributed by atoms with Crippen molar-refractivity contribution in [3.8, 4) is 0 Å². The number of hydrogen-bond acceptors (Lipinski definition) is 6. The van der Waals surface area contributed by atoms with Gasteiger partial charge < -0.3 is 15.5 Å². The average molecular weight is 457 g/mol. The van der Waals surface area contributed by atoms with Gasteiger partial charge in [0.15, 0.2) is 0 Å². The predicted molar refractivity (Wildman–Crippen MR) is 120 cm³/mol. The Kier molecular flexibility index (Phi) is 6.52. The number of nitrogens with one attached hydrogen (secondary N) is 1. The van der Waals surface area contributed by atoms with Crippen molar-refractivity contribution in [3.05, 3.63) is 69.6 Å². The van der Waals surface area contributed by atoms with Crippen molar-refractivity contribution < 1.29 is 29.4 Å². The Morgan fingerprint density at radius 1 is 1.13 bits per heavy atom. The Morgan fingerprint density at radius 2 is 1.87 bits per heavy atom. The Labute approximate surface area is 186 Å². The number of nitrogens with zero attached hydrogens (tertiary/aromatic N) is 1. The van der Waals surface area contributed by atoms with Gasteiger partial charge in [0.05, 0.1) is 21.7 Å². The van der Waals surface area contributed by atoms with Crippen molar-refractivity contribution in [2.75, 3.05) is 11.9 Å². The van der Waals surface area contributed by atoms with Crippen LogP contribution in [0, 0.1) is 6.92 Å². The number of carboxylic acid groups (broad SMARTS) is 2. The summed E-state index contributed by atoms with van der Waals surface area (Å²) in [7, 11) is 0. The third-order valence-corrected chi connectivity index (χ3v) is 5.66. The first-order valence-corrected chi connectivity index (χ1v) is 10.1. The van der Waals surface area contributed by atoms with Crippen LogP contribution in [0.2, 0.25) is 0 Å². The van der Waals surface area contributed by atoms with E-state index in [1.807, 2.05) is 31.2 Å². The molecule has 0 unspecified atom stereocenters. The van der Waals surface area contributed by atoms with Gasteiger partial charge in [-0.15, -0.1) is 0 Å². The summed E-state index contributed by atoms with van der Waals surface area (Å²) >= 11 is 6.28. The standard InChI is InChI=1S/C21H16N2O6S2/c1-11-3-2-4-12(7-11)8-16-18(25)23(21(30)31-16)10-17(24)22-15-9-13(19(26)27)5-6-14(15)20(28)29/h2-9H,10H2,1H3,(H,22,24)(H,26,27)(H,28,29)/b16-8-. The van der Waals surface area contributed by atoms with Crippen LogP contribution in [0.4, 0.5) is 5.69 Å². The summed E-state index contributed by atoms with van der Waals surface area (Å²) < 4.78 is 0.191. The Balaban J connectivity index is 1.77. The highest BCUT2D eigenvalue weighted by atomic mass is 32.2. The number of benzene rings is 2. The highest BCUT2D eigenvalue weighted by Crippen LogP contribution is 2.32. The van der Waals surface area contributed by atoms with E-state index >= 15 is 0 Å². The molecular weight excluding hydrogens is 440 g/mol.